The molecule has 0 radical (unpaired) electrons. The Labute approximate surface area is 204 Å². The summed E-state index contributed by atoms with van der Waals surface area (Å²) in [5, 5.41) is 9.69. The predicted molar refractivity (Wildman–Crippen MR) is 131 cm³/mol. The lowest BCUT2D eigenvalue weighted by molar-refractivity contribution is -0.137. The van der Waals surface area contributed by atoms with Gasteiger partial charge in [-0.05, 0) is 61.7 Å². The molecule has 0 aliphatic heterocycles. The SMILES string of the molecule is Cc1ccc(NC(=O)c2cccc(C(F)(F)F)c2)cc1NC(=O)c1cnc2[nH]ccc2c1NC1CC1. The van der Waals surface area contributed by atoms with Gasteiger partial charge in [0.25, 0.3) is 11.8 Å². The van der Waals surface area contributed by atoms with Crippen LogP contribution in [0.5, 0.6) is 0 Å². The quantitative estimate of drug-likeness (QED) is 0.266. The second kappa shape index (κ2) is 9.03. The summed E-state index contributed by atoms with van der Waals surface area (Å²) in [5.41, 5.74) is 2.24. The van der Waals surface area contributed by atoms with E-state index in [0.29, 0.717) is 34.3 Å². The first-order valence-electron chi connectivity index (χ1n) is 11.3. The Kier molecular flexibility index (Phi) is 5.87. The van der Waals surface area contributed by atoms with Crippen molar-refractivity contribution in [3.63, 3.8) is 0 Å². The lowest BCUT2D eigenvalue weighted by atomic mass is 10.1. The molecular formula is C26H22F3N5O2. The minimum Gasteiger partial charge on any atom is -0.381 e. The van der Waals surface area contributed by atoms with Crippen LogP contribution >= 0.6 is 0 Å². The summed E-state index contributed by atoms with van der Waals surface area (Å²) < 4.78 is 39.0. The minimum absolute atomic E-state index is 0.127. The van der Waals surface area contributed by atoms with Gasteiger partial charge < -0.3 is 20.9 Å². The van der Waals surface area contributed by atoms with Crippen LogP contribution in [0.3, 0.4) is 0 Å². The van der Waals surface area contributed by atoms with Gasteiger partial charge in [0, 0.05) is 40.8 Å². The highest BCUT2D eigenvalue weighted by Crippen LogP contribution is 2.33. The molecule has 2 aromatic carbocycles. The number of anilines is 3. The molecule has 10 heteroatoms. The summed E-state index contributed by atoms with van der Waals surface area (Å²) in [6.45, 7) is 1.80. The average molecular weight is 493 g/mol. The van der Waals surface area contributed by atoms with Crippen LogP contribution in [0.4, 0.5) is 30.2 Å². The van der Waals surface area contributed by atoms with E-state index in [9.17, 15) is 22.8 Å². The highest BCUT2D eigenvalue weighted by atomic mass is 19.4. The van der Waals surface area contributed by atoms with E-state index < -0.39 is 17.6 Å². The Hall–Kier alpha value is -4.34. The topological polar surface area (TPSA) is 98.9 Å². The second-order valence-electron chi connectivity index (χ2n) is 8.72. The van der Waals surface area contributed by atoms with E-state index in [4.69, 9.17) is 0 Å². The number of rotatable bonds is 6. The van der Waals surface area contributed by atoms with Crippen molar-refractivity contribution in [3.05, 3.63) is 83.2 Å². The molecule has 2 heterocycles. The zero-order valence-corrected chi connectivity index (χ0v) is 19.2. The van der Waals surface area contributed by atoms with Gasteiger partial charge in [-0.3, -0.25) is 9.59 Å². The molecule has 0 atom stereocenters. The molecule has 4 aromatic rings. The number of benzene rings is 2. The number of nitrogens with one attached hydrogen (secondary N) is 4. The van der Waals surface area contributed by atoms with E-state index in [1.54, 1.807) is 31.3 Å². The summed E-state index contributed by atoms with van der Waals surface area (Å²) in [7, 11) is 0. The van der Waals surface area contributed by atoms with Gasteiger partial charge in [-0.2, -0.15) is 13.2 Å². The smallest absolute Gasteiger partial charge is 0.381 e. The molecule has 0 unspecified atom stereocenters. The van der Waals surface area contributed by atoms with Gasteiger partial charge in [-0.1, -0.05) is 12.1 Å². The standard InChI is InChI=1S/C26H22F3N5O2/c1-14-5-6-18(33-24(35)15-3-2-4-16(11-15)26(27,28)29)12-21(14)34-25(36)20-13-31-23-19(9-10-30-23)22(20)32-17-7-8-17/h2-6,9-13,17H,7-8H2,1H3,(H,33,35)(H,34,36)(H2,30,31,32). The number of hydrogen-bond donors (Lipinski definition) is 4. The van der Waals surface area contributed by atoms with E-state index in [-0.39, 0.29) is 11.5 Å². The zero-order valence-electron chi connectivity index (χ0n) is 19.2. The van der Waals surface area contributed by atoms with Gasteiger partial charge in [-0.25, -0.2) is 4.98 Å². The molecule has 0 bridgehead atoms. The highest BCUT2D eigenvalue weighted by molar-refractivity contribution is 6.13. The van der Waals surface area contributed by atoms with Crippen molar-refractivity contribution in [2.24, 2.45) is 0 Å². The molecule has 1 aliphatic carbocycles. The van der Waals surface area contributed by atoms with Crippen LogP contribution < -0.4 is 16.0 Å². The molecule has 7 nitrogen and oxygen atoms in total. The van der Waals surface area contributed by atoms with Crippen molar-refractivity contribution in [2.75, 3.05) is 16.0 Å². The van der Waals surface area contributed by atoms with Gasteiger partial charge >= 0.3 is 6.18 Å². The third kappa shape index (κ3) is 4.88. The van der Waals surface area contributed by atoms with E-state index in [0.717, 1.165) is 35.9 Å². The monoisotopic (exact) mass is 493 g/mol. The third-order valence-electron chi connectivity index (χ3n) is 5.95. The Balaban J connectivity index is 1.37. The summed E-state index contributed by atoms with van der Waals surface area (Å²) in [4.78, 5) is 33.2. The normalized spacial score (nSPS) is 13.4. The van der Waals surface area contributed by atoms with Crippen molar-refractivity contribution in [1.29, 1.82) is 0 Å². The number of halogens is 3. The number of aryl methyl sites for hydroxylation is 1. The van der Waals surface area contributed by atoms with E-state index in [1.165, 1.54) is 18.3 Å². The molecule has 4 N–H and O–H groups in total. The van der Waals surface area contributed by atoms with Crippen LogP contribution in [0, 0.1) is 6.92 Å². The summed E-state index contributed by atoms with van der Waals surface area (Å²) in [6, 6.07) is 11.2. The fourth-order valence-corrected chi connectivity index (χ4v) is 3.83. The number of aromatic amines is 1. The first kappa shape index (κ1) is 23.4. The van der Waals surface area contributed by atoms with Crippen molar-refractivity contribution < 1.29 is 22.8 Å². The molecular weight excluding hydrogens is 471 g/mol. The number of alkyl halides is 3. The van der Waals surface area contributed by atoms with Crippen LogP contribution in [0.15, 0.2) is 60.9 Å². The van der Waals surface area contributed by atoms with Crippen molar-refractivity contribution in [3.8, 4) is 0 Å². The Morgan fingerprint density at radius 2 is 1.83 bits per heavy atom. The summed E-state index contributed by atoms with van der Waals surface area (Å²) in [6.07, 6.45) is 0.777. The van der Waals surface area contributed by atoms with Gasteiger partial charge in [0.2, 0.25) is 0 Å². The highest BCUT2D eigenvalue weighted by Gasteiger charge is 2.31. The van der Waals surface area contributed by atoms with Crippen LogP contribution in [0.2, 0.25) is 0 Å². The van der Waals surface area contributed by atoms with Crippen LogP contribution in [-0.4, -0.2) is 27.8 Å². The fraction of sp³-hybridized carbons (Fsp3) is 0.192. The maximum absolute atomic E-state index is 13.2. The first-order chi connectivity index (χ1) is 17.2. The van der Waals surface area contributed by atoms with Crippen LogP contribution in [0.25, 0.3) is 11.0 Å². The summed E-state index contributed by atoms with van der Waals surface area (Å²) in [5.74, 6) is -1.07. The Morgan fingerprint density at radius 1 is 1.03 bits per heavy atom. The van der Waals surface area contributed by atoms with E-state index in [1.807, 2.05) is 6.07 Å². The first-order valence-corrected chi connectivity index (χ1v) is 11.3. The number of carbonyl (C=O) groups is 2. The van der Waals surface area contributed by atoms with Crippen LogP contribution in [-0.2, 0) is 6.18 Å². The number of fused-ring (bicyclic) bond motifs is 1. The molecule has 36 heavy (non-hydrogen) atoms. The molecule has 2 amide bonds. The molecule has 0 spiro atoms. The van der Waals surface area contributed by atoms with Gasteiger partial charge in [0.05, 0.1) is 16.8 Å². The molecule has 1 aliphatic rings. The molecule has 2 aromatic heterocycles. The maximum atomic E-state index is 13.2. The average Bonchev–Trinajstić information content (AvgIpc) is 3.53. The molecule has 184 valence electrons. The predicted octanol–water partition coefficient (Wildman–Crippen LogP) is 5.97. The number of hydrogen-bond acceptors (Lipinski definition) is 4. The fourth-order valence-electron chi connectivity index (χ4n) is 3.83. The molecule has 5 rings (SSSR count). The van der Waals surface area contributed by atoms with Gasteiger partial charge in [0.15, 0.2) is 0 Å². The lowest BCUT2D eigenvalue weighted by Gasteiger charge is -2.15. The number of aromatic nitrogens is 2. The van der Waals surface area contributed by atoms with Gasteiger partial charge in [-0.15, -0.1) is 0 Å². The number of nitrogens with zero attached hydrogens (tertiary/aromatic N) is 1. The zero-order chi connectivity index (χ0) is 25.4. The number of H-pyrrole nitrogens is 1. The molecule has 1 saturated carbocycles. The van der Waals surface area contributed by atoms with E-state index >= 15 is 0 Å². The molecule has 0 saturated heterocycles. The van der Waals surface area contributed by atoms with Crippen molar-refractivity contribution >= 4 is 39.9 Å². The Bertz CT molecular complexity index is 1470. The minimum atomic E-state index is -4.55. The van der Waals surface area contributed by atoms with Crippen molar-refractivity contribution in [2.45, 2.75) is 32.0 Å². The number of amides is 2. The third-order valence-corrected chi connectivity index (χ3v) is 5.95. The van der Waals surface area contributed by atoms with E-state index in [2.05, 4.69) is 25.9 Å². The largest absolute Gasteiger partial charge is 0.416 e. The van der Waals surface area contributed by atoms with Gasteiger partial charge in [0.1, 0.15) is 5.65 Å². The van der Waals surface area contributed by atoms with Crippen LogP contribution in [0.1, 0.15) is 44.7 Å². The summed E-state index contributed by atoms with van der Waals surface area (Å²) >= 11 is 0. The maximum Gasteiger partial charge on any atom is 0.416 e. The Morgan fingerprint density at radius 3 is 2.58 bits per heavy atom. The lowest BCUT2D eigenvalue weighted by Crippen LogP contribution is -2.17. The number of pyridine rings is 1. The van der Waals surface area contributed by atoms with Crippen molar-refractivity contribution in [1.82, 2.24) is 9.97 Å². The number of carbonyl (C=O) groups excluding carboxylic acids is 2. The molecule has 1 fully saturated rings. The second-order valence-corrected chi connectivity index (χ2v) is 8.72.